The number of hydrogen-bond acceptors (Lipinski definition) is 5. The molecule has 1 fully saturated rings. The molecule has 6 nitrogen and oxygen atoms in total. The van der Waals surface area contributed by atoms with Crippen molar-refractivity contribution in [2.24, 2.45) is 5.14 Å². The van der Waals surface area contributed by atoms with Crippen molar-refractivity contribution >= 4 is 27.3 Å². The van der Waals surface area contributed by atoms with Gasteiger partial charge in [-0.3, -0.25) is 4.79 Å². The fraction of sp³-hybridized carbons (Fsp3) is 0.545. The molecular weight excluding hydrogens is 286 g/mol. The van der Waals surface area contributed by atoms with E-state index in [1.54, 1.807) is 10.3 Å². The van der Waals surface area contributed by atoms with Gasteiger partial charge in [0.05, 0.1) is 5.56 Å². The molecule has 3 N–H and O–H groups in total. The van der Waals surface area contributed by atoms with Gasteiger partial charge in [0.1, 0.15) is 4.21 Å². The molecule has 2 atom stereocenters. The van der Waals surface area contributed by atoms with Gasteiger partial charge in [0.2, 0.25) is 10.0 Å². The number of thiophene rings is 1. The van der Waals surface area contributed by atoms with Crippen LogP contribution in [0.2, 0.25) is 0 Å². The molecule has 2 rings (SSSR count). The van der Waals surface area contributed by atoms with Crippen LogP contribution in [0.3, 0.4) is 0 Å². The highest BCUT2D eigenvalue weighted by Gasteiger charge is 2.26. The molecule has 1 saturated heterocycles. The Labute approximate surface area is 116 Å². The molecule has 1 aromatic rings. The van der Waals surface area contributed by atoms with Gasteiger partial charge in [0.25, 0.3) is 5.91 Å². The van der Waals surface area contributed by atoms with Crippen LogP contribution in [0, 0.1) is 0 Å². The highest BCUT2D eigenvalue weighted by molar-refractivity contribution is 7.91. The first-order valence-corrected chi connectivity index (χ1v) is 8.36. The van der Waals surface area contributed by atoms with E-state index >= 15 is 0 Å². The maximum Gasteiger partial charge on any atom is 0.254 e. The normalized spacial score (nSPS) is 24.5. The summed E-state index contributed by atoms with van der Waals surface area (Å²) >= 11 is 0.974. The van der Waals surface area contributed by atoms with Gasteiger partial charge in [0.15, 0.2) is 0 Å². The average molecular weight is 303 g/mol. The summed E-state index contributed by atoms with van der Waals surface area (Å²) in [6.07, 6.45) is 0. The minimum absolute atomic E-state index is 0.0204. The number of carbonyl (C=O) groups is 1. The molecule has 1 aliphatic rings. The number of nitrogens with two attached hydrogens (primary N) is 1. The van der Waals surface area contributed by atoms with E-state index in [0.29, 0.717) is 18.7 Å². The van der Waals surface area contributed by atoms with E-state index in [0.717, 1.165) is 11.3 Å². The number of nitrogens with one attached hydrogen (secondary N) is 1. The van der Waals surface area contributed by atoms with Crippen molar-refractivity contribution in [3.63, 3.8) is 0 Å². The van der Waals surface area contributed by atoms with Crippen molar-refractivity contribution in [2.45, 2.75) is 30.1 Å². The second-order valence-corrected chi connectivity index (χ2v) is 7.58. The van der Waals surface area contributed by atoms with E-state index in [2.05, 4.69) is 5.32 Å². The predicted molar refractivity (Wildman–Crippen MR) is 73.7 cm³/mol. The molecule has 2 heterocycles. The summed E-state index contributed by atoms with van der Waals surface area (Å²) in [5, 5.41) is 9.92. The van der Waals surface area contributed by atoms with Crippen molar-refractivity contribution in [1.29, 1.82) is 0 Å². The second kappa shape index (κ2) is 5.20. The third-order valence-corrected chi connectivity index (χ3v) is 5.33. The molecule has 0 unspecified atom stereocenters. The molecule has 1 aliphatic heterocycles. The fourth-order valence-electron chi connectivity index (χ4n) is 2.25. The highest BCUT2D eigenvalue weighted by Crippen LogP contribution is 2.21. The Bertz CT molecular complexity index is 572. The van der Waals surface area contributed by atoms with Crippen LogP contribution >= 0.6 is 11.3 Å². The van der Waals surface area contributed by atoms with Crippen molar-refractivity contribution in [3.05, 3.63) is 17.0 Å². The number of nitrogens with zero attached hydrogens (tertiary/aromatic N) is 1. The van der Waals surface area contributed by atoms with Crippen LogP contribution in [0.25, 0.3) is 0 Å². The molecule has 0 radical (unpaired) electrons. The zero-order valence-corrected chi connectivity index (χ0v) is 12.4. The number of hydrogen-bond donors (Lipinski definition) is 2. The van der Waals surface area contributed by atoms with E-state index in [-0.39, 0.29) is 22.2 Å². The maximum absolute atomic E-state index is 12.3. The topological polar surface area (TPSA) is 92.5 Å². The zero-order valence-electron chi connectivity index (χ0n) is 10.8. The Morgan fingerprint density at radius 2 is 2.00 bits per heavy atom. The summed E-state index contributed by atoms with van der Waals surface area (Å²) in [7, 11) is -3.73. The second-order valence-electron chi connectivity index (χ2n) is 4.88. The van der Waals surface area contributed by atoms with E-state index in [4.69, 9.17) is 5.14 Å². The first-order chi connectivity index (χ1) is 8.77. The van der Waals surface area contributed by atoms with Gasteiger partial charge < -0.3 is 10.2 Å². The molecule has 0 bridgehead atoms. The van der Waals surface area contributed by atoms with Crippen LogP contribution in [0.1, 0.15) is 24.2 Å². The van der Waals surface area contributed by atoms with Crippen molar-refractivity contribution in [1.82, 2.24) is 10.2 Å². The third kappa shape index (κ3) is 3.33. The minimum Gasteiger partial charge on any atom is -0.336 e. The van der Waals surface area contributed by atoms with E-state index in [1.807, 2.05) is 13.8 Å². The smallest absolute Gasteiger partial charge is 0.254 e. The van der Waals surface area contributed by atoms with Crippen molar-refractivity contribution in [3.8, 4) is 0 Å². The monoisotopic (exact) mass is 303 g/mol. The van der Waals surface area contributed by atoms with Crippen molar-refractivity contribution in [2.75, 3.05) is 13.1 Å². The Hall–Kier alpha value is -0.960. The maximum atomic E-state index is 12.3. The SMILES string of the molecule is C[C@H]1CN(C(=O)c2csc(S(N)(=O)=O)c2)C[C@H](C)N1. The van der Waals surface area contributed by atoms with E-state index < -0.39 is 10.0 Å². The minimum atomic E-state index is -3.73. The lowest BCUT2D eigenvalue weighted by Crippen LogP contribution is -2.55. The molecule has 1 aromatic heterocycles. The first kappa shape index (κ1) is 14.4. The molecule has 8 heteroatoms. The largest absolute Gasteiger partial charge is 0.336 e. The molecule has 0 spiro atoms. The Balaban J connectivity index is 2.18. The van der Waals surface area contributed by atoms with E-state index in [9.17, 15) is 13.2 Å². The van der Waals surface area contributed by atoms with Gasteiger partial charge in [-0.05, 0) is 19.9 Å². The molecule has 0 aliphatic carbocycles. The lowest BCUT2D eigenvalue weighted by molar-refractivity contribution is 0.0674. The van der Waals surface area contributed by atoms with Crippen molar-refractivity contribution < 1.29 is 13.2 Å². The highest BCUT2D eigenvalue weighted by atomic mass is 32.2. The molecule has 0 aromatic carbocycles. The molecule has 0 saturated carbocycles. The first-order valence-electron chi connectivity index (χ1n) is 5.94. The van der Waals surface area contributed by atoms with Crippen LogP contribution in [0.4, 0.5) is 0 Å². The standard InChI is InChI=1S/C11H17N3O3S2/c1-7-4-14(5-8(2)13-7)11(15)9-3-10(18-6-9)19(12,16)17/h3,6-8,13H,4-5H2,1-2H3,(H2,12,16,17)/t7-,8-/m0/s1. The number of amides is 1. The van der Waals surface area contributed by atoms with Gasteiger partial charge in [-0.15, -0.1) is 11.3 Å². The van der Waals surface area contributed by atoms with Gasteiger partial charge in [-0.1, -0.05) is 0 Å². The summed E-state index contributed by atoms with van der Waals surface area (Å²) in [6.45, 7) is 5.26. The van der Waals surface area contributed by atoms with Gasteiger partial charge in [-0.25, -0.2) is 13.6 Å². The zero-order chi connectivity index (χ0) is 14.2. The summed E-state index contributed by atoms with van der Waals surface area (Å²) in [4.78, 5) is 14.0. The number of piperazine rings is 1. The summed E-state index contributed by atoms with van der Waals surface area (Å²) < 4.78 is 22.4. The van der Waals surface area contributed by atoms with Crippen LogP contribution in [-0.4, -0.2) is 44.4 Å². The summed E-state index contributed by atoms with van der Waals surface area (Å²) in [6, 6.07) is 1.80. The van der Waals surface area contributed by atoms with Crippen LogP contribution in [0.15, 0.2) is 15.7 Å². The average Bonchev–Trinajstić information content (AvgIpc) is 2.75. The number of primary sulfonamides is 1. The molecule has 19 heavy (non-hydrogen) atoms. The van der Waals surface area contributed by atoms with Crippen LogP contribution in [0.5, 0.6) is 0 Å². The third-order valence-electron chi connectivity index (χ3n) is 2.95. The van der Waals surface area contributed by atoms with Crippen LogP contribution < -0.4 is 10.5 Å². The Morgan fingerprint density at radius 3 is 2.47 bits per heavy atom. The fourth-order valence-corrected chi connectivity index (χ4v) is 3.83. The number of carbonyl (C=O) groups excluding carboxylic acids is 1. The number of rotatable bonds is 2. The molecule has 106 valence electrons. The molecular formula is C11H17N3O3S2. The number of sulfonamides is 1. The summed E-state index contributed by atoms with van der Waals surface area (Å²) in [5.74, 6) is -0.147. The van der Waals surface area contributed by atoms with E-state index in [1.165, 1.54) is 6.07 Å². The Kier molecular flexibility index (Phi) is 3.95. The summed E-state index contributed by atoms with van der Waals surface area (Å²) in [5.41, 5.74) is 0.385. The predicted octanol–water partition coefficient (Wildman–Crippen LogP) is 0.218. The van der Waals surface area contributed by atoms with Gasteiger partial charge in [-0.2, -0.15) is 0 Å². The Morgan fingerprint density at radius 1 is 1.42 bits per heavy atom. The quantitative estimate of drug-likeness (QED) is 0.817. The molecule has 1 amide bonds. The van der Waals surface area contributed by atoms with Gasteiger partial charge >= 0.3 is 0 Å². The van der Waals surface area contributed by atoms with Crippen LogP contribution in [-0.2, 0) is 10.0 Å². The van der Waals surface area contributed by atoms with Gasteiger partial charge in [0, 0.05) is 30.6 Å². The lowest BCUT2D eigenvalue weighted by atomic mass is 10.1. The lowest BCUT2D eigenvalue weighted by Gasteiger charge is -2.36.